The molecular formula is C16H13N3O4. The number of aromatic nitrogens is 3. The zero-order chi connectivity index (χ0) is 15.8. The molecule has 0 fully saturated rings. The van der Waals surface area contributed by atoms with Gasteiger partial charge in [-0.3, -0.25) is 0 Å². The third kappa shape index (κ3) is 2.46. The first-order valence-electron chi connectivity index (χ1n) is 7.16. The van der Waals surface area contributed by atoms with Crippen LogP contribution in [0, 0.1) is 0 Å². The zero-order valence-corrected chi connectivity index (χ0v) is 12.1. The summed E-state index contributed by atoms with van der Waals surface area (Å²) in [6.07, 6.45) is 0. The highest BCUT2D eigenvalue weighted by molar-refractivity contribution is 5.87. The van der Waals surface area contributed by atoms with E-state index in [1.54, 1.807) is 28.9 Å². The molecule has 0 atom stereocenters. The van der Waals surface area contributed by atoms with Crippen molar-refractivity contribution in [2.24, 2.45) is 0 Å². The summed E-state index contributed by atoms with van der Waals surface area (Å²) in [7, 11) is 0. The molecule has 0 radical (unpaired) electrons. The van der Waals surface area contributed by atoms with Crippen molar-refractivity contribution in [2.75, 3.05) is 13.2 Å². The number of carboxylic acid groups (broad SMARTS) is 1. The average molecular weight is 311 g/mol. The van der Waals surface area contributed by atoms with Gasteiger partial charge in [0.25, 0.3) is 0 Å². The lowest BCUT2D eigenvalue weighted by molar-refractivity contribution is 0.0697. The Balaban J connectivity index is 1.67. The minimum Gasteiger partial charge on any atom is -0.486 e. The highest BCUT2D eigenvalue weighted by Crippen LogP contribution is 2.33. The Morgan fingerprint density at radius 1 is 1.13 bits per heavy atom. The number of rotatable bonds is 3. The predicted molar refractivity (Wildman–Crippen MR) is 81.0 cm³/mol. The minimum absolute atomic E-state index is 0.261. The number of benzene rings is 2. The fraction of sp³-hybridized carbons (Fsp3) is 0.188. The van der Waals surface area contributed by atoms with Gasteiger partial charge < -0.3 is 14.6 Å². The van der Waals surface area contributed by atoms with Crippen molar-refractivity contribution in [1.29, 1.82) is 0 Å². The van der Waals surface area contributed by atoms with Crippen molar-refractivity contribution in [1.82, 2.24) is 15.0 Å². The molecule has 3 aromatic rings. The van der Waals surface area contributed by atoms with E-state index in [-0.39, 0.29) is 5.56 Å². The molecule has 0 amide bonds. The van der Waals surface area contributed by atoms with Crippen LogP contribution in [0.25, 0.3) is 11.0 Å². The van der Waals surface area contributed by atoms with Crippen LogP contribution in [0.2, 0.25) is 0 Å². The van der Waals surface area contributed by atoms with Crippen LogP contribution >= 0.6 is 0 Å². The third-order valence-corrected chi connectivity index (χ3v) is 3.71. The van der Waals surface area contributed by atoms with E-state index in [4.69, 9.17) is 14.6 Å². The van der Waals surface area contributed by atoms with Gasteiger partial charge in [0.1, 0.15) is 18.7 Å². The molecule has 0 saturated carbocycles. The maximum Gasteiger partial charge on any atom is 0.335 e. The topological polar surface area (TPSA) is 86.5 Å². The molecule has 0 spiro atoms. The summed E-state index contributed by atoms with van der Waals surface area (Å²) in [4.78, 5) is 10.9. The molecule has 1 aliphatic heterocycles. The van der Waals surface area contributed by atoms with Crippen LogP contribution in [0.4, 0.5) is 0 Å². The van der Waals surface area contributed by atoms with E-state index in [2.05, 4.69) is 10.3 Å². The molecule has 7 nitrogen and oxygen atoms in total. The smallest absolute Gasteiger partial charge is 0.335 e. The van der Waals surface area contributed by atoms with E-state index < -0.39 is 5.97 Å². The van der Waals surface area contributed by atoms with Crippen LogP contribution in [0.5, 0.6) is 11.5 Å². The standard InChI is InChI=1S/C16H13N3O4/c20-16(21)11-3-1-10(2-4-11)9-19-13-8-15-14(22-5-6-23-15)7-12(13)17-18-19/h1-4,7-8H,5-6,9H2,(H,20,21). The third-order valence-electron chi connectivity index (χ3n) is 3.71. The quantitative estimate of drug-likeness (QED) is 0.795. The number of hydrogen-bond acceptors (Lipinski definition) is 5. The van der Waals surface area contributed by atoms with Crippen LogP contribution in [0.3, 0.4) is 0 Å². The van der Waals surface area contributed by atoms with Crippen LogP contribution < -0.4 is 9.47 Å². The van der Waals surface area contributed by atoms with Gasteiger partial charge in [-0.25, -0.2) is 9.48 Å². The van der Waals surface area contributed by atoms with Gasteiger partial charge in [-0.2, -0.15) is 0 Å². The van der Waals surface area contributed by atoms with Crippen LogP contribution in [-0.2, 0) is 6.54 Å². The van der Waals surface area contributed by atoms with E-state index in [1.165, 1.54) is 0 Å². The highest BCUT2D eigenvalue weighted by atomic mass is 16.6. The van der Waals surface area contributed by atoms with Crippen LogP contribution in [-0.4, -0.2) is 39.3 Å². The molecule has 4 rings (SSSR count). The van der Waals surface area contributed by atoms with Gasteiger partial charge in [-0.15, -0.1) is 5.10 Å². The van der Waals surface area contributed by atoms with E-state index >= 15 is 0 Å². The van der Waals surface area contributed by atoms with E-state index in [9.17, 15) is 4.79 Å². The first kappa shape index (κ1) is 13.6. The summed E-state index contributed by atoms with van der Waals surface area (Å²) in [5, 5.41) is 17.2. The van der Waals surface area contributed by atoms with Crippen molar-refractivity contribution in [3.63, 3.8) is 0 Å². The number of carbonyl (C=O) groups is 1. The monoisotopic (exact) mass is 311 g/mol. The fourth-order valence-electron chi connectivity index (χ4n) is 2.55. The second-order valence-electron chi connectivity index (χ2n) is 5.23. The van der Waals surface area contributed by atoms with E-state index in [0.717, 1.165) is 16.6 Å². The van der Waals surface area contributed by atoms with Gasteiger partial charge in [0, 0.05) is 12.1 Å². The second-order valence-corrected chi connectivity index (χ2v) is 5.23. The summed E-state index contributed by atoms with van der Waals surface area (Å²) in [6.45, 7) is 1.55. The largest absolute Gasteiger partial charge is 0.486 e. The summed E-state index contributed by atoms with van der Waals surface area (Å²) < 4.78 is 12.9. The molecule has 7 heteroatoms. The SMILES string of the molecule is O=C(O)c1ccc(Cn2nnc3cc4c(cc32)OCCO4)cc1. The summed E-state index contributed by atoms with van der Waals surface area (Å²) in [5.41, 5.74) is 2.78. The number of carboxylic acids is 1. The van der Waals surface area contributed by atoms with Crippen LogP contribution in [0.1, 0.15) is 15.9 Å². The molecular weight excluding hydrogens is 298 g/mol. The van der Waals surface area contributed by atoms with Crippen molar-refractivity contribution in [3.05, 3.63) is 47.5 Å². The molecule has 23 heavy (non-hydrogen) atoms. The zero-order valence-electron chi connectivity index (χ0n) is 12.1. The molecule has 0 unspecified atom stereocenters. The molecule has 0 bridgehead atoms. The lowest BCUT2D eigenvalue weighted by Crippen LogP contribution is -2.15. The molecule has 1 N–H and O–H groups in total. The maximum absolute atomic E-state index is 10.9. The number of nitrogens with zero attached hydrogens (tertiary/aromatic N) is 3. The van der Waals surface area contributed by atoms with Gasteiger partial charge in [0.15, 0.2) is 11.5 Å². The van der Waals surface area contributed by atoms with Gasteiger partial charge in [0.2, 0.25) is 0 Å². The number of ether oxygens (including phenoxy) is 2. The summed E-state index contributed by atoms with van der Waals surface area (Å²) in [6, 6.07) is 10.4. The Hall–Kier alpha value is -3.09. The van der Waals surface area contributed by atoms with Crippen LogP contribution in [0.15, 0.2) is 36.4 Å². The van der Waals surface area contributed by atoms with Crippen molar-refractivity contribution in [2.45, 2.75) is 6.54 Å². The molecule has 116 valence electrons. The van der Waals surface area contributed by atoms with Crippen molar-refractivity contribution in [3.8, 4) is 11.5 Å². The van der Waals surface area contributed by atoms with Crippen molar-refractivity contribution < 1.29 is 19.4 Å². The predicted octanol–water partition coefficient (Wildman–Crippen LogP) is 1.95. The number of aromatic carboxylic acids is 1. The van der Waals surface area contributed by atoms with Crippen molar-refractivity contribution >= 4 is 17.0 Å². The van der Waals surface area contributed by atoms with E-state index in [0.29, 0.717) is 31.3 Å². The van der Waals surface area contributed by atoms with Gasteiger partial charge in [-0.1, -0.05) is 17.3 Å². The molecule has 2 aromatic carbocycles. The Morgan fingerprint density at radius 3 is 2.52 bits per heavy atom. The number of hydrogen-bond donors (Lipinski definition) is 1. The Kier molecular flexibility index (Phi) is 3.11. The molecule has 0 aliphatic carbocycles. The molecule has 2 heterocycles. The summed E-state index contributed by atoms with van der Waals surface area (Å²) >= 11 is 0. The normalized spacial score (nSPS) is 13.2. The second kappa shape index (κ2) is 5.28. The van der Waals surface area contributed by atoms with Gasteiger partial charge in [-0.05, 0) is 17.7 Å². The number of fused-ring (bicyclic) bond motifs is 2. The molecule has 1 aromatic heterocycles. The lowest BCUT2D eigenvalue weighted by atomic mass is 10.1. The molecule has 1 aliphatic rings. The lowest BCUT2D eigenvalue weighted by Gasteiger charge is -2.18. The Morgan fingerprint density at radius 2 is 1.83 bits per heavy atom. The fourth-order valence-corrected chi connectivity index (χ4v) is 2.55. The first-order chi connectivity index (χ1) is 11.2. The van der Waals surface area contributed by atoms with Gasteiger partial charge >= 0.3 is 5.97 Å². The maximum atomic E-state index is 10.9. The summed E-state index contributed by atoms with van der Waals surface area (Å²) in [5.74, 6) is 0.432. The highest BCUT2D eigenvalue weighted by Gasteiger charge is 2.16. The first-order valence-corrected chi connectivity index (χ1v) is 7.16. The average Bonchev–Trinajstić information content (AvgIpc) is 2.95. The molecule has 0 saturated heterocycles. The van der Waals surface area contributed by atoms with Gasteiger partial charge in [0.05, 0.1) is 17.6 Å². The minimum atomic E-state index is -0.938. The Bertz CT molecular complexity index is 886. The van der Waals surface area contributed by atoms with E-state index in [1.807, 2.05) is 12.1 Å². The Labute approximate surface area is 131 Å².